The van der Waals surface area contributed by atoms with Crippen molar-refractivity contribution in [2.45, 2.75) is 33.2 Å². The van der Waals surface area contributed by atoms with E-state index >= 15 is 0 Å². The van der Waals surface area contributed by atoms with Crippen LogP contribution in [-0.4, -0.2) is 12.5 Å². The highest BCUT2D eigenvalue weighted by molar-refractivity contribution is 6.32. The summed E-state index contributed by atoms with van der Waals surface area (Å²) in [4.78, 5) is 11.3. The smallest absolute Gasteiger partial charge is 0.217 e. The predicted molar refractivity (Wildman–Crippen MR) is 113 cm³/mol. The Morgan fingerprint density at radius 2 is 1.75 bits per heavy atom. The van der Waals surface area contributed by atoms with E-state index in [1.807, 2.05) is 49.4 Å². The van der Waals surface area contributed by atoms with Crippen molar-refractivity contribution in [3.05, 3.63) is 65.2 Å². The monoisotopic (exact) mass is 397 g/mol. The van der Waals surface area contributed by atoms with Crippen molar-refractivity contribution < 1.29 is 14.3 Å². The average molecular weight is 398 g/mol. The number of fused-ring (bicyclic) bond motifs is 1. The molecule has 1 amide bonds. The molecule has 1 unspecified atom stereocenters. The Morgan fingerprint density at radius 3 is 2.46 bits per heavy atom. The van der Waals surface area contributed by atoms with Crippen LogP contribution in [0.4, 0.5) is 0 Å². The molecule has 5 heteroatoms. The van der Waals surface area contributed by atoms with Crippen LogP contribution in [0, 0.1) is 0 Å². The first-order chi connectivity index (χ1) is 13.5. The lowest BCUT2D eigenvalue weighted by Gasteiger charge is -2.14. The molecule has 0 heterocycles. The van der Waals surface area contributed by atoms with Crippen LogP contribution >= 0.6 is 11.6 Å². The number of nitrogens with one attached hydrogen (secondary N) is 1. The van der Waals surface area contributed by atoms with Gasteiger partial charge in [-0.1, -0.05) is 36.7 Å². The molecule has 0 saturated heterocycles. The summed E-state index contributed by atoms with van der Waals surface area (Å²) in [5.74, 6) is 1.98. The molecule has 0 spiro atoms. The molecule has 0 aromatic heterocycles. The van der Waals surface area contributed by atoms with Crippen molar-refractivity contribution in [1.29, 1.82) is 0 Å². The van der Waals surface area contributed by atoms with Crippen LogP contribution in [0.2, 0.25) is 5.02 Å². The SMILES string of the molecule is CCCOc1ccc(Oc2ccc3cc(C(C)NC(C)=O)ccc3c2)c(Cl)c1. The lowest BCUT2D eigenvalue weighted by molar-refractivity contribution is -0.119. The van der Waals surface area contributed by atoms with Gasteiger partial charge < -0.3 is 14.8 Å². The molecule has 0 radical (unpaired) electrons. The average Bonchev–Trinajstić information content (AvgIpc) is 2.67. The largest absolute Gasteiger partial charge is 0.494 e. The summed E-state index contributed by atoms with van der Waals surface area (Å²) in [6.45, 7) is 6.21. The van der Waals surface area contributed by atoms with Gasteiger partial charge in [-0.05, 0) is 60.0 Å². The Bertz CT molecular complexity index is 987. The van der Waals surface area contributed by atoms with Crippen LogP contribution < -0.4 is 14.8 Å². The number of halogens is 1. The van der Waals surface area contributed by atoms with Gasteiger partial charge in [0.25, 0.3) is 0 Å². The highest BCUT2D eigenvalue weighted by atomic mass is 35.5. The van der Waals surface area contributed by atoms with Crippen molar-refractivity contribution in [3.8, 4) is 17.2 Å². The van der Waals surface area contributed by atoms with E-state index in [-0.39, 0.29) is 11.9 Å². The second-order valence-electron chi connectivity index (χ2n) is 6.73. The Balaban J connectivity index is 1.78. The molecule has 1 atom stereocenters. The molecule has 1 N–H and O–H groups in total. The van der Waals surface area contributed by atoms with Crippen molar-refractivity contribution in [2.24, 2.45) is 0 Å². The lowest BCUT2D eigenvalue weighted by atomic mass is 10.0. The number of hydrogen-bond donors (Lipinski definition) is 1. The van der Waals surface area contributed by atoms with Crippen molar-refractivity contribution in [1.82, 2.24) is 5.32 Å². The lowest BCUT2D eigenvalue weighted by Crippen LogP contribution is -2.23. The number of carbonyl (C=O) groups excluding carboxylic acids is 1. The molecule has 3 rings (SSSR count). The zero-order chi connectivity index (χ0) is 20.1. The summed E-state index contributed by atoms with van der Waals surface area (Å²) in [6.07, 6.45) is 0.943. The van der Waals surface area contributed by atoms with E-state index in [1.165, 1.54) is 6.92 Å². The summed E-state index contributed by atoms with van der Waals surface area (Å²) in [7, 11) is 0. The van der Waals surface area contributed by atoms with Gasteiger partial charge in [-0.2, -0.15) is 0 Å². The van der Waals surface area contributed by atoms with Gasteiger partial charge in [0.05, 0.1) is 17.7 Å². The normalized spacial score (nSPS) is 11.9. The van der Waals surface area contributed by atoms with Crippen molar-refractivity contribution in [2.75, 3.05) is 6.61 Å². The molecule has 0 aliphatic heterocycles. The topological polar surface area (TPSA) is 47.6 Å². The fourth-order valence-corrected chi connectivity index (χ4v) is 3.17. The zero-order valence-corrected chi connectivity index (χ0v) is 17.0. The maximum Gasteiger partial charge on any atom is 0.217 e. The van der Waals surface area contributed by atoms with E-state index in [0.717, 1.165) is 28.5 Å². The van der Waals surface area contributed by atoms with Gasteiger partial charge in [0.15, 0.2) is 0 Å². The second kappa shape index (κ2) is 8.98. The highest BCUT2D eigenvalue weighted by Gasteiger charge is 2.09. The summed E-state index contributed by atoms with van der Waals surface area (Å²) in [5.41, 5.74) is 1.06. The van der Waals surface area contributed by atoms with Crippen LogP contribution in [-0.2, 0) is 4.79 Å². The Morgan fingerprint density at radius 1 is 1.04 bits per heavy atom. The molecule has 0 saturated carbocycles. The first kappa shape index (κ1) is 20.0. The predicted octanol–water partition coefficient (Wildman–Crippen LogP) is 6.27. The van der Waals surface area contributed by atoms with Gasteiger partial charge in [-0.25, -0.2) is 0 Å². The maximum atomic E-state index is 11.3. The van der Waals surface area contributed by atoms with E-state index < -0.39 is 0 Å². The minimum Gasteiger partial charge on any atom is -0.494 e. The fourth-order valence-electron chi connectivity index (χ4n) is 2.96. The van der Waals surface area contributed by atoms with E-state index in [9.17, 15) is 4.79 Å². The summed E-state index contributed by atoms with van der Waals surface area (Å²) < 4.78 is 11.5. The third-order valence-corrected chi connectivity index (χ3v) is 4.65. The number of amides is 1. The molecule has 146 valence electrons. The van der Waals surface area contributed by atoms with Crippen molar-refractivity contribution in [3.63, 3.8) is 0 Å². The highest BCUT2D eigenvalue weighted by Crippen LogP contribution is 2.34. The van der Waals surface area contributed by atoms with E-state index in [4.69, 9.17) is 21.1 Å². The molecular weight excluding hydrogens is 374 g/mol. The molecule has 4 nitrogen and oxygen atoms in total. The minimum absolute atomic E-state index is 0.0370. The van der Waals surface area contributed by atoms with Gasteiger partial charge in [-0.3, -0.25) is 4.79 Å². The number of carbonyl (C=O) groups is 1. The van der Waals surface area contributed by atoms with Gasteiger partial charge >= 0.3 is 0 Å². The molecule has 0 fully saturated rings. The molecule has 28 heavy (non-hydrogen) atoms. The Labute approximate surface area is 170 Å². The number of benzene rings is 3. The Kier molecular flexibility index (Phi) is 6.42. The Hall–Kier alpha value is -2.72. The second-order valence-corrected chi connectivity index (χ2v) is 7.14. The molecule has 0 aliphatic carbocycles. The van der Waals surface area contributed by atoms with Crippen molar-refractivity contribution >= 4 is 28.3 Å². The standard InChI is InChI=1S/C23H24ClNO3/c1-4-11-27-20-9-10-23(22(24)14-20)28-21-8-7-18-12-17(5-6-19(18)13-21)15(2)25-16(3)26/h5-10,12-15H,4,11H2,1-3H3,(H,25,26). The van der Waals surface area contributed by atoms with Crippen LogP contribution in [0.5, 0.6) is 17.2 Å². The van der Waals surface area contributed by atoms with Crippen LogP contribution in [0.25, 0.3) is 10.8 Å². The quantitative estimate of drug-likeness (QED) is 0.511. The molecule has 3 aromatic carbocycles. The summed E-state index contributed by atoms with van der Waals surface area (Å²) in [5, 5.41) is 5.54. The zero-order valence-electron chi connectivity index (χ0n) is 16.3. The summed E-state index contributed by atoms with van der Waals surface area (Å²) >= 11 is 6.33. The molecule has 0 bridgehead atoms. The fraction of sp³-hybridized carbons (Fsp3) is 0.261. The molecule has 3 aromatic rings. The van der Waals surface area contributed by atoms with E-state index in [1.54, 1.807) is 6.07 Å². The van der Waals surface area contributed by atoms with Crippen LogP contribution in [0.15, 0.2) is 54.6 Å². The number of rotatable bonds is 7. The van der Waals surface area contributed by atoms with E-state index in [2.05, 4.69) is 18.3 Å². The van der Waals surface area contributed by atoms with Gasteiger partial charge in [0.2, 0.25) is 5.91 Å². The van der Waals surface area contributed by atoms with Crippen LogP contribution in [0.3, 0.4) is 0 Å². The van der Waals surface area contributed by atoms with Gasteiger partial charge in [-0.15, -0.1) is 0 Å². The number of ether oxygens (including phenoxy) is 2. The molecular formula is C23H24ClNO3. The van der Waals surface area contributed by atoms with Gasteiger partial charge in [0, 0.05) is 13.0 Å². The van der Waals surface area contributed by atoms with Crippen LogP contribution in [0.1, 0.15) is 38.8 Å². The first-order valence-corrected chi connectivity index (χ1v) is 9.75. The third-order valence-electron chi connectivity index (χ3n) is 4.36. The number of hydrogen-bond acceptors (Lipinski definition) is 3. The third kappa shape index (κ3) is 4.96. The van der Waals surface area contributed by atoms with Gasteiger partial charge in [0.1, 0.15) is 17.2 Å². The maximum absolute atomic E-state index is 11.3. The van der Waals surface area contributed by atoms with E-state index in [0.29, 0.717) is 23.1 Å². The summed E-state index contributed by atoms with van der Waals surface area (Å²) in [6, 6.07) is 17.4. The molecule has 0 aliphatic rings. The first-order valence-electron chi connectivity index (χ1n) is 9.37. The minimum atomic E-state index is -0.0423.